The molecule has 0 aliphatic rings. The molecular formula is C27H23NO4. The fourth-order valence-electron chi connectivity index (χ4n) is 3.25. The Morgan fingerprint density at radius 1 is 1.00 bits per heavy atom. The van der Waals surface area contributed by atoms with Crippen LogP contribution in [-0.4, -0.2) is 17.9 Å². The van der Waals surface area contributed by atoms with Gasteiger partial charge in [0.25, 0.3) is 0 Å². The summed E-state index contributed by atoms with van der Waals surface area (Å²) in [5.41, 5.74) is 3.97. The van der Waals surface area contributed by atoms with Gasteiger partial charge in [-0.2, -0.15) is 0 Å². The summed E-state index contributed by atoms with van der Waals surface area (Å²) < 4.78 is 17.0. The smallest absolute Gasteiger partial charge is 0.226 e. The fraction of sp³-hybridized carbons (Fsp3) is 0.111. The van der Waals surface area contributed by atoms with Crippen molar-refractivity contribution >= 4 is 11.9 Å². The van der Waals surface area contributed by atoms with Crippen LogP contribution in [0, 0.1) is 6.92 Å². The van der Waals surface area contributed by atoms with Crippen molar-refractivity contribution in [2.75, 3.05) is 7.11 Å². The number of hydrogen-bond acceptors (Lipinski definition) is 5. The lowest BCUT2D eigenvalue weighted by Crippen LogP contribution is -1.98. The first kappa shape index (κ1) is 21.1. The molecular weight excluding hydrogens is 402 g/mol. The number of methoxy groups -OCH3 is 1. The van der Waals surface area contributed by atoms with E-state index in [1.807, 2.05) is 79.7 Å². The molecule has 1 heterocycles. The number of rotatable bonds is 8. The molecule has 0 atom stereocenters. The van der Waals surface area contributed by atoms with Gasteiger partial charge in [-0.3, -0.25) is 4.79 Å². The zero-order valence-corrected chi connectivity index (χ0v) is 17.9. The molecule has 0 saturated heterocycles. The van der Waals surface area contributed by atoms with Crippen molar-refractivity contribution in [2.24, 2.45) is 0 Å². The van der Waals surface area contributed by atoms with Gasteiger partial charge in [-0.05, 0) is 48.4 Å². The van der Waals surface area contributed by atoms with Crippen LogP contribution in [0.3, 0.4) is 0 Å². The Morgan fingerprint density at radius 3 is 2.56 bits per heavy atom. The average molecular weight is 425 g/mol. The van der Waals surface area contributed by atoms with Crippen LogP contribution >= 0.6 is 0 Å². The Bertz CT molecular complexity index is 1240. The molecule has 0 aliphatic carbocycles. The third-order valence-corrected chi connectivity index (χ3v) is 4.99. The first-order valence-corrected chi connectivity index (χ1v) is 10.2. The highest BCUT2D eigenvalue weighted by atomic mass is 16.5. The van der Waals surface area contributed by atoms with Crippen molar-refractivity contribution in [2.45, 2.75) is 13.5 Å². The van der Waals surface area contributed by atoms with Gasteiger partial charge in [0.2, 0.25) is 5.89 Å². The van der Waals surface area contributed by atoms with E-state index in [9.17, 15) is 4.79 Å². The Kier molecular flexibility index (Phi) is 6.46. The van der Waals surface area contributed by atoms with Crippen LogP contribution in [0.25, 0.3) is 17.5 Å². The molecule has 3 aromatic carbocycles. The van der Waals surface area contributed by atoms with Gasteiger partial charge in [-0.1, -0.05) is 54.6 Å². The summed E-state index contributed by atoms with van der Waals surface area (Å²) in [5, 5.41) is 0. The molecule has 5 heteroatoms. The third kappa shape index (κ3) is 4.95. The van der Waals surface area contributed by atoms with Crippen LogP contribution < -0.4 is 9.47 Å². The molecule has 160 valence electrons. The zero-order chi connectivity index (χ0) is 22.3. The highest BCUT2D eigenvalue weighted by molar-refractivity contribution is 6.07. The molecule has 0 radical (unpaired) electrons. The number of aryl methyl sites for hydroxylation is 1. The van der Waals surface area contributed by atoms with E-state index < -0.39 is 0 Å². The van der Waals surface area contributed by atoms with Gasteiger partial charge in [-0.25, -0.2) is 4.98 Å². The van der Waals surface area contributed by atoms with Gasteiger partial charge in [-0.15, -0.1) is 0 Å². The second kappa shape index (κ2) is 9.79. The van der Waals surface area contributed by atoms with Crippen LogP contribution in [0.2, 0.25) is 0 Å². The van der Waals surface area contributed by atoms with Crippen molar-refractivity contribution in [3.8, 4) is 23.0 Å². The maximum atomic E-state index is 12.4. The molecule has 0 N–H and O–H groups in total. The SMILES string of the molecule is COc1ccc(-c2nc(C=CC(=O)c3ccccc3C)co2)cc1OCc1ccccc1. The molecule has 5 nitrogen and oxygen atoms in total. The number of ether oxygens (including phenoxy) is 2. The van der Waals surface area contributed by atoms with Crippen LogP contribution in [0.1, 0.15) is 27.2 Å². The number of carbonyl (C=O) groups excluding carboxylic acids is 1. The number of carbonyl (C=O) groups is 1. The van der Waals surface area contributed by atoms with E-state index in [0.29, 0.717) is 35.3 Å². The molecule has 0 saturated carbocycles. The zero-order valence-electron chi connectivity index (χ0n) is 17.9. The lowest BCUT2D eigenvalue weighted by Gasteiger charge is -2.11. The first-order valence-electron chi connectivity index (χ1n) is 10.2. The minimum atomic E-state index is -0.0753. The van der Waals surface area contributed by atoms with Crippen molar-refractivity contribution < 1.29 is 18.7 Å². The monoisotopic (exact) mass is 425 g/mol. The highest BCUT2D eigenvalue weighted by Gasteiger charge is 2.12. The summed E-state index contributed by atoms with van der Waals surface area (Å²) in [6.07, 6.45) is 4.68. The highest BCUT2D eigenvalue weighted by Crippen LogP contribution is 2.33. The summed E-state index contributed by atoms with van der Waals surface area (Å²) >= 11 is 0. The van der Waals surface area contributed by atoms with Crippen molar-refractivity contribution in [1.29, 1.82) is 0 Å². The molecule has 4 aromatic rings. The summed E-state index contributed by atoms with van der Waals surface area (Å²) in [4.78, 5) is 16.9. The summed E-state index contributed by atoms with van der Waals surface area (Å²) in [7, 11) is 1.60. The third-order valence-electron chi connectivity index (χ3n) is 4.99. The molecule has 0 bridgehead atoms. The number of hydrogen-bond donors (Lipinski definition) is 0. The maximum absolute atomic E-state index is 12.4. The quantitative estimate of drug-likeness (QED) is 0.251. The second-order valence-corrected chi connectivity index (χ2v) is 7.23. The lowest BCUT2D eigenvalue weighted by atomic mass is 10.0. The van der Waals surface area contributed by atoms with E-state index in [-0.39, 0.29) is 5.78 Å². The molecule has 32 heavy (non-hydrogen) atoms. The predicted molar refractivity (Wildman–Crippen MR) is 124 cm³/mol. The predicted octanol–water partition coefficient (Wildman–Crippen LogP) is 6.13. The van der Waals surface area contributed by atoms with E-state index >= 15 is 0 Å². The van der Waals surface area contributed by atoms with E-state index in [2.05, 4.69) is 4.98 Å². The first-order chi connectivity index (χ1) is 15.6. The standard InChI is InChI=1S/C27H23NO4/c1-19-8-6-7-11-23(19)24(29)14-13-22-18-32-27(28-22)21-12-15-25(30-2)26(16-21)31-17-20-9-4-3-5-10-20/h3-16,18H,17H2,1-2H3. The maximum Gasteiger partial charge on any atom is 0.226 e. The molecule has 0 spiro atoms. The van der Waals surface area contributed by atoms with Gasteiger partial charge in [0, 0.05) is 11.1 Å². The molecule has 0 aliphatic heterocycles. The molecule has 0 fully saturated rings. The lowest BCUT2D eigenvalue weighted by molar-refractivity contribution is 0.104. The summed E-state index contributed by atoms with van der Waals surface area (Å²) in [6, 6.07) is 22.9. The van der Waals surface area contributed by atoms with E-state index in [1.165, 1.54) is 12.3 Å². The number of benzene rings is 3. The topological polar surface area (TPSA) is 61.6 Å². The van der Waals surface area contributed by atoms with Gasteiger partial charge in [0.05, 0.1) is 7.11 Å². The Hall–Kier alpha value is -4.12. The van der Waals surface area contributed by atoms with E-state index in [1.54, 1.807) is 13.2 Å². The van der Waals surface area contributed by atoms with E-state index in [4.69, 9.17) is 13.9 Å². The molecule has 0 unspecified atom stereocenters. The van der Waals surface area contributed by atoms with Crippen LogP contribution in [0.5, 0.6) is 11.5 Å². The second-order valence-electron chi connectivity index (χ2n) is 7.23. The number of allylic oxidation sites excluding steroid dienone is 1. The summed E-state index contributed by atoms with van der Waals surface area (Å²) in [5.74, 6) is 1.58. The van der Waals surface area contributed by atoms with Gasteiger partial charge in [0.1, 0.15) is 18.6 Å². The molecule has 1 aromatic heterocycles. The number of aromatic nitrogens is 1. The Morgan fingerprint density at radius 2 is 1.78 bits per heavy atom. The van der Waals surface area contributed by atoms with Crippen LogP contribution in [-0.2, 0) is 6.61 Å². The molecule has 0 amide bonds. The molecule has 4 rings (SSSR count). The fourth-order valence-corrected chi connectivity index (χ4v) is 3.25. The average Bonchev–Trinajstić information content (AvgIpc) is 3.31. The normalized spacial score (nSPS) is 10.9. The minimum Gasteiger partial charge on any atom is -0.493 e. The van der Waals surface area contributed by atoms with Crippen molar-refractivity contribution in [3.63, 3.8) is 0 Å². The van der Waals surface area contributed by atoms with E-state index in [0.717, 1.165) is 16.7 Å². The number of oxazole rings is 1. The Labute approximate surface area is 187 Å². The Balaban J connectivity index is 1.50. The minimum absolute atomic E-state index is 0.0753. The number of nitrogens with zero attached hydrogens (tertiary/aromatic N) is 1. The van der Waals surface area contributed by atoms with Crippen LogP contribution in [0.4, 0.5) is 0 Å². The largest absolute Gasteiger partial charge is 0.493 e. The van der Waals surface area contributed by atoms with Gasteiger partial charge >= 0.3 is 0 Å². The van der Waals surface area contributed by atoms with Crippen molar-refractivity contribution in [1.82, 2.24) is 4.98 Å². The van der Waals surface area contributed by atoms with Gasteiger partial charge in [0.15, 0.2) is 17.3 Å². The summed E-state index contributed by atoms with van der Waals surface area (Å²) in [6.45, 7) is 2.33. The number of ketones is 1. The van der Waals surface area contributed by atoms with Crippen molar-refractivity contribution in [3.05, 3.63) is 108 Å². The van der Waals surface area contributed by atoms with Crippen LogP contribution in [0.15, 0.2) is 89.6 Å². The van der Waals surface area contributed by atoms with Gasteiger partial charge < -0.3 is 13.9 Å².